The predicted octanol–water partition coefficient (Wildman–Crippen LogP) is 4.02. The van der Waals surface area contributed by atoms with Crippen molar-refractivity contribution in [2.45, 2.75) is 20.8 Å². The number of benzene rings is 2. The average Bonchev–Trinajstić information content (AvgIpc) is 3.19. The van der Waals surface area contributed by atoms with Gasteiger partial charge in [-0.15, -0.1) is 0 Å². The van der Waals surface area contributed by atoms with Gasteiger partial charge in [0.2, 0.25) is 11.8 Å². The fourth-order valence-corrected chi connectivity index (χ4v) is 4.39. The summed E-state index contributed by atoms with van der Waals surface area (Å²) in [6.07, 6.45) is 0. The van der Waals surface area contributed by atoms with Crippen molar-refractivity contribution in [1.29, 1.82) is 0 Å². The number of amides is 2. The quantitative estimate of drug-likeness (QED) is 0.456. The van der Waals surface area contributed by atoms with Gasteiger partial charge in [-0.2, -0.15) is 0 Å². The highest BCUT2D eigenvalue weighted by atomic mass is 32.1. The molecule has 176 valence electrons. The van der Waals surface area contributed by atoms with E-state index in [-0.39, 0.29) is 24.9 Å². The minimum Gasteiger partial charge on any atom is -0.490 e. The third-order valence-corrected chi connectivity index (χ3v) is 5.84. The van der Waals surface area contributed by atoms with Crippen LogP contribution in [0.15, 0.2) is 42.5 Å². The van der Waals surface area contributed by atoms with Gasteiger partial charge in [-0.1, -0.05) is 23.5 Å². The summed E-state index contributed by atoms with van der Waals surface area (Å²) in [6, 6.07) is 13.1. The maximum Gasteiger partial charge on any atom is 0.242 e. The summed E-state index contributed by atoms with van der Waals surface area (Å²) < 4.78 is 12.2. The van der Waals surface area contributed by atoms with Crippen LogP contribution in [0.1, 0.15) is 20.8 Å². The number of aromatic nitrogens is 1. The van der Waals surface area contributed by atoms with Crippen molar-refractivity contribution >= 4 is 44.2 Å². The van der Waals surface area contributed by atoms with Gasteiger partial charge in [0.05, 0.1) is 36.5 Å². The monoisotopic (exact) mass is 470 g/mol. The number of anilines is 2. The van der Waals surface area contributed by atoms with E-state index in [1.807, 2.05) is 45.0 Å². The zero-order valence-electron chi connectivity index (χ0n) is 19.5. The first-order valence-electron chi connectivity index (χ1n) is 11.0. The molecule has 2 aromatic carbocycles. The van der Waals surface area contributed by atoms with E-state index in [1.54, 1.807) is 35.0 Å². The van der Waals surface area contributed by atoms with Crippen LogP contribution in [0.4, 0.5) is 10.8 Å². The standard InChI is InChI=1S/C24H30N4O4S/c1-5-28(24-26-18-10-8-9-11-21(18)33-24)23(30)16-27(4)15-22(29)25-17-12-13-19(31-6-2)20(14-17)32-7-3/h8-14H,5-7,15-16H2,1-4H3,(H,25,29). The summed E-state index contributed by atoms with van der Waals surface area (Å²) in [6.45, 7) is 7.40. The number of carbonyl (C=O) groups is 2. The van der Waals surface area contributed by atoms with E-state index in [9.17, 15) is 9.59 Å². The Hall–Kier alpha value is -3.17. The molecule has 0 saturated carbocycles. The Morgan fingerprint density at radius 2 is 1.73 bits per heavy atom. The Bertz CT molecular complexity index is 1070. The molecule has 3 rings (SSSR count). The summed E-state index contributed by atoms with van der Waals surface area (Å²) in [5.41, 5.74) is 1.48. The van der Waals surface area contributed by atoms with Crippen LogP contribution in [-0.2, 0) is 9.59 Å². The molecule has 0 unspecified atom stereocenters. The molecule has 1 aromatic heterocycles. The molecule has 33 heavy (non-hydrogen) atoms. The predicted molar refractivity (Wildman–Crippen MR) is 133 cm³/mol. The molecule has 0 aliphatic heterocycles. The highest BCUT2D eigenvalue weighted by molar-refractivity contribution is 7.22. The molecule has 0 atom stereocenters. The lowest BCUT2D eigenvalue weighted by atomic mass is 10.2. The Labute approximate surface area is 198 Å². The molecule has 8 nitrogen and oxygen atoms in total. The Kier molecular flexibility index (Phi) is 8.62. The summed E-state index contributed by atoms with van der Waals surface area (Å²) in [5, 5.41) is 3.52. The van der Waals surface area contributed by atoms with E-state index < -0.39 is 0 Å². The molecule has 2 amide bonds. The van der Waals surface area contributed by atoms with Crippen LogP contribution in [0.3, 0.4) is 0 Å². The van der Waals surface area contributed by atoms with Gasteiger partial charge >= 0.3 is 0 Å². The second-order valence-corrected chi connectivity index (χ2v) is 8.36. The number of ether oxygens (including phenoxy) is 2. The van der Waals surface area contributed by atoms with Gasteiger partial charge in [0.25, 0.3) is 0 Å². The zero-order chi connectivity index (χ0) is 23.8. The molecule has 1 heterocycles. The molecular weight excluding hydrogens is 440 g/mol. The second kappa shape index (κ2) is 11.6. The molecule has 0 aliphatic rings. The van der Waals surface area contributed by atoms with Gasteiger partial charge in [-0.3, -0.25) is 19.4 Å². The number of fused-ring (bicyclic) bond motifs is 1. The zero-order valence-corrected chi connectivity index (χ0v) is 20.3. The fourth-order valence-electron chi connectivity index (χ4n) is 3.34. The van der Waals surface area contributed by atoms with Crippen molar-refractivity contribution in [3.05, 3.63) is 42.5 Å². The van der Waals surface area contributed by atoms with Gasteiger partial charge in [0.1, 0.15) is 0 Å². The number of hydrogen-bond acceptors (Lipinski definition) is 7. The molecule has 0 spiro atoms. The van der Waals surface area contributed by atoms with Crippen LogP contribution in [0.5, 0.6) is 11.5 Å². The van der Waals surface area contributed by atoms with Crippen LogP contribution >= 0.6 is 11.3 Å². The smallest absolute Gasteiger partial charge is 0.242 e. The normalized spacial score (nSPS) is 10.9. The second-order valence-electron chi connectivity index (χ2n) is 7.35. The molecule has 0 saturated heterocycles. The molecule has 0 aliphatic carbocycles. The van der Waals surface area contributed by atoms with Crippen molar-refractivity contribution in [2.24, 2.45) is 0 Å². The number of thiazole rings is 1. The highest BCUT2D eigenvalue weighted by Gasteiger charge is 2.20. The summed E-state index contributed by atoms with van der Waals surface area (Å²) in [4.78, 5) is 33.4. The fraction of sp³-hybridized carbons (Fsp3) is 0.375. The summed E-state index contributed by atoms with van der Waals surface area (Å²) in [7, 11) is 1.74. The van der Waals surface area contributed by atoms with Gasteiger partial charge in [-0.05, 0) is 52.1 Å². The van der Waals surface area contributed by atoms with E-state index >= 15 is 0 Å². The Morgan fingerprint density at radius 1 is 1.00 bits per heavy atom. The first-order chi connectivity index (χ1) is 15.9. The lowest BCUT2D eigenvalue weighted by molar-refractivity contribution is -0.121. The lowest BCUT2D eigenvalue weighted by Crippen LogP contribution is -2.41. The van der Waals surface area contributed by atoms with E-state index in [0.717, 1.165) is 10.2 Å². The first kappa shape index (κ1) is 24.5. The number of hydrogen-bond donors (Lipinski definition) is 1. The van der Waals surface area contributed by atoms with Crippen LogP contribution in [0.2, 0.25) is 0 Å². The lowest BCUT2D eigenvalue weighted by Gasteiger charge is -2.22. The number of rotatable bonds is 11. The number of nitrogens with one attached hydrogen (secondary N) is 1. The largest absolute Gasteiger partial charge is 0.490 e. The molecule has 9 heteroatoms. The topological polar surface area (TPSA) is 84.0 Å². The SMILES string of the molecule is CCOc1ccc(NC(=O)CN(C)CC(=O)N(CC)c2nc3ccccc3s2)cc1OCC. The van der Waals surface area contributed by atoms with E-state index in [0.29, 0.717) is 42.1 Å². The number of likely N-dealkylation sites (N-methyl/N-ethyl adjacent to an activating group) is 2. The van der Waals surface area contributed by atoms with Crippen molar-refractivity contribution in [3.8, 4) is 11.5 Å². The van der Waals surface area contributed by atoms with Crippen molar-refractivity contribution in [3.63, 3.8) is 0 Å². The van der Waals surface area contributed by atoms with Crippen molar-refractivity contribution < 1.29 is 19.1 Å². The average molecular weight is 471 g/mol. The minimum atomic E-state index is -0.222. The maximum atomic E-state index is 12.9. The molecule has 0 fully saturated rings. The van der Waals surface area contributed by atoms with Crippen molar-refractivity contribution in [1.82, 2.24) is 9.88 Å². The Balaban J connectivity index is 1.59. The van der Waals surface area contributed by atoms with E-state index in [4.69, 9.17) is 9.47 Å². The van der Waals surface area contributed by atoms with Crippen LogP contribution in [0.25, 0.3) is 10.2 Å². The van der Waals surface area contributed by atoms with Crippen LogP contribution in [0, 0.1) is 0 Å². The highest BCUT2D eigenvalue weighted by Crippen LogP contribution is 2.31. The minimum absolute atomic E-state index is 0.0698. The number of carbonyl (C=O) groups excluding carboxylic acids is 2. The maximum absolute atomic E-state index is 12.9. The number of nitrogens with zero attached hydrogens (tertiary/aromatic N) is 3. The summed E-state index contributed by atoms with van der Waals surface area (Å²) >= 11 is 1.48. The molecule has 1 N–H and O–H groups in total. The van der Waals surface area contributed by atoms with E-state index in [1.165, 1.54) is 11.3 Å². The Morgan fingerprint density at radius 3 is 2.42 bits per heavy atom. The third-order valence-electron chi connectivity index (χ3n) is 4.78. The van der Waals surface area contributed by atoms with E-state index in [2.05, 4.69) is 10.3 Å². The number of para-hydroxylation sites is 1. The molecule has 0 bridgehead atoms. The first-order valence-corrected chi connectivity index (χ1v) is 11.8. The molecule has 0 radical (unpaired) electrons. The molecule has 3 aromatic rings. The van der Waals surface area contributed by atoms with Crippen molar-refractivity contribution in [2.75, 3.05) is 50.1 Å². The summed E-state index contributed by atoms with van der Waals surface area (Å²) in [5.74, 6) is 0.885. The van der Waals surface area contributed by atoms with Gasteiger partial charge in [0, 0.05) is 18.3 Å². The van der Waals surface area contributed by atoms with Crippen LogP contribution in [-0.4, -0.2) is 61.6 Å². The van der Waals surface area contributed by atoms with Crippen LogP contribution < -0.4 is 19.7 Å². The van der Waals surface area contributed by atoms with Gasteiger partial charge in [-0.25, -0.2) is 4.98 Å². The van der Waals surface area contributed by atoms with Gasteiger partial charge < -0.3 is 14.8 Å². The molecular formula is C24H30N4O4S. The third kappa shape index (κ3) is 6.43. The van der Waals surface area contributed by atoms with Gasteiger partial charge in [0.15, 0.2) is 16.6 Å².